The molecule has 30 heavy (non-hydrogen) atoms. The lowest BCUT2D eigenvalue weighted by Gasteiger charge is -2.32. The third-order valence-electron chi connectivity index (χ3n) is 5.50. The van der Waals surface area contributed by atoms with Gasteiger partial charge in [0.2, 0.25) is 15.9 Å². The maximum Gasteiger partial charge on any atom is 0.240 e. The van der Waals surface area contributed by atoms with Crippen LogP contribution < -0.4 is 10.0 Å². The van der Waals surface area contributed by atoms with E-state index in [1.54, 1.807) is 24.4 Å². The molecule has 7 nitrogen and oxygen atoms in total. The molecule has 1 aromatic heterocycles. The summed E-state index contributed by atoms with van der Waals surface area (Å²) in [6, 6.07) is 11.1. The summed E-state index contributed by atoms with van der Waals surface area (Å²) < 4.78 is 27.3. The number of nitrogens with one attached hydrogen (secondary N) is 2. The van der Waals surface area contributed by atoms with Crippen molar-refractivity contribution < 1.29 is 13.2 Å². The molecule has 3 rings (SSSR count). The Morgan fingerprint density at radius 2 is 1.90 bits per heavy atom. The minimum absolute atomic E-state index is 0.0829. The Balaban J connectivity index is 1.38. The third-order valence-corrected chi connectivity index (χ3v) is 6.96. The standard InChI is InChI=1S/C22H30N4O3S/c1-17-6-7-21(15-18(17)2)30(28,29)24-12-8-22(27)25-19-9-13-26(14-10-19)16-20-5-3-4-11-23-20/h3-7,11,15,19,24H,8-10,12-14,16H2,1-2H3,(H,25,27). The van der Waals surface area contributed by atoms with Crippen molar-refractivity contribution in [2.75, 3.05) is 19.6 Å². The van der Waals surface area contributed by atoms with Crippen LogP contribution in [-0.2, 0) is 21.4 Å². The van der Waals surface area contributed by atoms with Crippen molar-refractivity contribution in [1.82, 2.24) is 19.9 Å². The van der Waals surface area contributed by atoms with Gasteiger partial charge in [-0.3, -0.25) is 14.7 Å². The van der Waals surface area contributed by atoms with Crippen LogP contribution in [0.5, 0.6) is 0 Å². The Labute approximate surface area is 178 Å². The number of pyridine rings is 1. The second kappa shape index (κ2) is 10.1. The van der Waals surface area contributed by atoms with Crippen molar-refractivity contribution >= 4 is 15.9 Å². The van der Waals surface area contributed by atoms with E-state index >= 15 is 0 Å². The van der Waals surface area contributed by atoms with Crippen molar-refractivity contribution in [3.63, 3.8) is 0 Å². The van der Waals surface area contributed by atoms with Gasteiger partial charge < -0.3 is 5.32 Å². The molecular formula is C22H30N4O3S. The van der Waals surface area contributed by atoms with Crippen LogP contribution in [0.1, 0.15) is 36.1 Å². The molecule has 2 N–H and O–H groups in total. The first kappa shape index (κ1) is 22.4. The van der Waals surface area contributed by atoms with Crippen LogP contribution in [0.15, 0.2) is 47.5 Å². The number of amides is 1. The van der Waals surface area contributed by atoms with Gasteiger partial charge in [0.15, 0.2) is 0 Å². The zero-order valence-electron chi connectivity index (χ0n) is 17.6. The maximum atomic E-state index is 12.4. The predicted molar refractivity (Wildman–Crippen MR) is 116 cm³/mol. The SMILES string of the molecule is Cc1ccc(S(=O)(=O)NCCC(=O)NC2CCN(Cc3ccccn3)CC2)cc1C. The van der Waals surface area contributed by atoms with Gasteiger partial charge in [-0.25, -0.2) is 13.1 Å². The Bertz CT molecular complexity index is 956. The van der Waals surface area contributed by atoms with E-state index in [0.717, 1.165) is 49.3 Å². The van der Waals surface area contributed by atoms with Crippen LogP contribution >= 0.6 is 0 Å². The van der Waals surface area contributed by atoms with Gasteiger partial charge in [-0.05, 0) is 62.1 Å². The summed E-state index contributed by atoms with van der Waals surface area (Å²) in [5.41, 5.74) is 3.01. The number of likely N-dealkylation sites (tertiary alicyclic amines) is 1. The smallest absolute Gasteiger partial charge is 0.240 e. The summed E-state index contributed by atoms with van der Waals surface area (Å²) in [5, 5.41) is 3.03. The van der Waals surface area contributed by atoms with Crippen molar-refractivity contribution in [3.05, 3.63) is 59.4 Å². The summed E-state index contributed by atoms with van der Waals surface area (Å²) in [6.45, 7) is 6.53. The molecule has 0 aliphatic carbocycles. The topological polar surface area (TPSA) is 91.4 Å². The highest BCUT2D eigenvalue weighted by Crippen LogP contribution is 2.15. The number of carbonyl (C=O) groups excluding carboxylic acids is 1. The summed E-state index contributed by atoms with van der Waals surface area (Å²) >= 11 is 0. The highest BCUT2D eigenvalue weighted by molar-refractivity contribution is 7.89. The fraction of sp³-hybridized carbons (Fsp3) is 0.455. The van der Waals surface area contributed by atoms with Crippen LogP contribution in [0.2, 0.25) is 0 Å². The van der Waals surface area contributed by atoms with Crippen molar-refractivity contribution in [2.45, 2.75) is 50.6 Å². The summed E-state index contributed by atoms with van der Waals surface area (Å²) in [6.07, 6.45) is 3.69. The van der Waals surface area contributed by atoms with E-state index in [0.29, 0.717) is 0 Å². The first-order valence-corrected chi connectivity index (χ1v) is 11.8. The number of nitrogens with zero attached hydrogens (tertiary/aromatic N) is 2. The zero-order valence-corrected chi connectivity index (χ0v) is 18.4. The first-order valence-electron chi connectivity index (χ1n) is 10.3. The van der Waals surface area contributed by atoms with E-state index in [9.17, 15) is 13.2 Å². The highest BCUT2D eigenvalue weighted by atomic mass is 32.2. The number of rotatable bonds is 8. The second-order valence-electron chi connectivity index (χ2n) is 7.83. The van der Waals surface area contributed by atoms with E-state index in [2.05, 4.69) is 19.9 Å². The average Bonchev–Trinajstić information content (AvgIpc) is 2.72. The number of carbonyl (C=O) groups is 1. The van der Waals surface area contributed by atoms with Crippen LogP contribution in [0.3, 0.4) is 0 Å². The lowest BCUT2D eigenvalue weighted by Crippen LogP contribution is -2.45. The molecule has 0 radical (unpaired) electrons. The largest absolute Gasteiger partial charge is 0.353 e. The molecule has 162 valence electrons. The Morgan fingerprint density at radius 3 is 2.57 bits per heavy atom. The lowest BCUT2D eigenvalue weighted by molar-refractivity contribution is -0.121. The number of sulfonamides is 1. The zero-order chi connectivity index (χ0) is 21.6. The van der Waals surface area contributed by atoms with Crippen molar-refractivity contribution in [1.29, 1.82) is 0 Å². The molecule has 1 amide bonds. The normalized spacial score (nSPS) is 15.8. The molecular weight excluding hydrogens is 400 g/mol. The Kier molecular flexibility index (Phi) is 7.58. The van der Waals surface area contributed by atoms with Crippen LogP contribution in [0.25, 0.3) is 0 Å². The van der Waals surface area contributed by atoms with Gasteiger partial charge in [0.1, 0.15) is 0 Å². The molecule has 1 saturated heterocycles. The first-order chi connectivity index (χ1) is 14.3. The number of benzene rings is 1. The summed E-state index contributed by atoms with van der Waals surface area (Å²) in [5.74, 6) is -0.124. The van der Waals surface area contributed by atoms with Crippen molar-refractivity contribution in [2.24, 2.45) is 0 Å². The molecule has 1 aliphatic heterocycles. The Morgan fingerprint density at radius 1 is 1.13 bits per heavy atom. The summed E-state index contributed by atoms with van der Waals surface area (Å²) in [4.78, 5) is 19.2. The maximum absolute atomic E-state index is 12.4. The monoisotopic (exact) mass is 430 g/mol. The lowest BCUT2D eigenvalue weighted by atomic mass is 10.0. The van der Waals surface area contributed by atoms with Gasteiger partial charge in [-0.15, -0.1) is 0 Å². The number of hydrogen-bond donors (Lipinski definition) is 2. The van der Waals surface area contributed by atoms with E-state index in [1.165, 1.54) is 0 Å². The van der Waals surface area contributed by atoms with Gasteiger partial charge in [-0.2, -0.15) is 0 Å². The van der Waals surface area contributed by atoms with E-state index in [1.807, 2.05) is 32.0 Å². The fourth-order valence-electron chi connectivity index (χ4n) is 3.52. The molecule has 0 unspecified atom stereocenters. The minimum atomic E-state index is -3.61. The molecule has 0 spiro atoms. The van der Waals surface area contributed by atoms with Gasteiger partial charge in [-0.1, -0.05) is 12.1 Å². The molecule has 0 saturated carbocycles. The fourth-order valence-corrected chi connectivity index (χ4v) is 4.64. The van der Waals surface area contributed by atoms with Gasteiger partial charge in [0, 0.05) is 44.8 Å². The molecule has 1 aliphatic rings. The summed E-state index contributed by atoms with van der Waals surface area (Å²) in [7, 11) is -3.61. The van der Waals surface area contributed by atoms with Crippen LogP contribution in [0, 0.1) is 13.8 Å². The van der Waals surface area contributed by atoms with Gasteiger partial charge >= 0.3 is 0 Å². The van der Waals surface area contributed by atoms with E-state index < -0.39 is 10.0 Å². The van der Waals surface area contributed by atoms with Crippen molar-refractivity contribution in [3.8, 4) is 0 Å². The molecule has 2 aromatic rings. The predicted octanol–water partition coefficient (Wildman–Crippen LogP) is 2.15. The minimum Gasteiger partial charge on any atom is -0.353 e. The number of aromatic nitrogens is 1. The molecule has 1 fully saturated rings. The molecule has 0 atom stereocenters. The molecule has 1 aromatic carbocycles. The highest BCUT2D eigenvalue weighted by Gasteiger charge is 2.21. The second-order valence-corrected chi connectivity index (χ2v) is 9.60. The molecule has 8 heteroatoms. The molecule has 2 heterocycles. The van der Waals surface area contributed by atoms with E-state index in [-0.39, 0.29) is 29.8 Å². The van der Waals surface area contributed by atoms with Gasteiger partial charge in [0.25, 0.3) is 0 Å². The van der Waals surface area contributed by atoms with Crippen LogP contribution in [-0.4, -0.2) is 49.9 Å². The Hall–Kier alpha value is -2.29. The average molecular weight is 431 g/mol. The van der Waals surface area contributed by atoms with E-state index in [4.69, 9.17) is 0 Å². The number of aryl methyl sites for hydroxylation is 2. The molecule has 0 bridgehead atoms. The van der Waals surface area contributed by atoms with Crippen LogP contribution in [0.4, 0.5) is 0 Å². The van der Waals surface area contributed by atoms with Gasteiger partial charge in [0.05, 0.1) is 10.6 Å². The quantitative estimate of drug-likeness (QED) is 0.670. The number of hydrogen-bond acceptors (Lipinski definition) is 5. The number of piperidine rings is 1. The third kappa shape index (κ3) is 6.35.